The van der Waals surface area contributed by atoms with Gasteiger partial charge in [-0.2, -0.15) is 44.9 Å². The summed E-state index contributed by atoms with van der Waals surface area (Å²) in [5, 5.41) is 15.0. The normalized spacial score (nSPS) is 14.7. The molecule has 0 bridgehead atoms. The third-order valence-electron chi connectivity index (χ3n) is 5.15. The first kappa shape index (κ1) is 31.6. The van der Waals surface area contributed by atoms with E-state index < -0.39 is 35.8 Å². The van der Waals surface area contributed by atoms with Crippen LogP contribution < -0.4 is 10.5 Å². The smallest absolute Gasteiger partial charge is 0.380 e. The van der Waals surface area contributed by atoms with Crippen molar-refractivity contribution in [3.63, 3.8) is 0 Å². The van der Waals surface area contributed by atoms with Crippen LogP contribution in [0.1, 0.15) is 16.8 Å². The van der Waals surface area contributed by atoms with Gasteiger partial charge in [0, 0.05) is 50.7 Å². The van der Waals surface area contributed by atoms with Gasteiger partial charge in [0.2, 0.25) is 11.9 Å². The lowest BCUT2D eigenvalue weighted by Gasteiger charge is -2.35. The fraction of sp³-hybridized carbons (Fsp3) is 0.526. The molecule has 3 heterocycles. The molecule has 212 valence electrons. The molecule has 1 fully saturated rings. The molecular weight excluding hydrogens is 566 g/mol. The monoisotopic (exact) mass is 590 g/mol. The zero-order valence-electron chi connectivity index (χ0n) is 19.8. The van der Waals surface area contributed by atoms with E-state index in [1.165, 1.54) is 20.6 Å². The number of hydrogen-bond donors (Lipinski definition) is 2. The molecule has 2 N–H and O–H groups in total. The Labute approximate surface area is 223 Å². The first-order valence-electron chi connectivity index (χ1n) is 10.6. The Kier molecular flexibility index (Phi) is 10.8. The van der Waals surface area contributed by atoms with Crippen LogP contribution in [0.25, 0.3) is 0 Å². The van der Waals surface area contributed by atoms with E-state index in [2.05, 4.69) is 15.1 Å². The number of rotatable bonds is 8. The Hall–Kier alpha value is -2.61. The summed E-state index contributed by atoms with van der Waals surface area (Å²) in [5.41, 5.74) is -3.79. The maximum absolute atomic E-state index is 12.9. The fourth-order valence-electron chi connectivity index (χ4n) is 3.34. The van der Waals surface area contributed by atoms with Crippen molar-refractivity contribution in [3.05, 3.63) is 45.6 Å². The van der Waals surface area contributed by atoms with E-state index >= 15 is 0 Å². The van der Waals surface area contributed by atoms with Gasteiger partial charge in [-0.05, 0) is 13.1 Å². The highest BCUT2D eigenvalue weighted by Crippen LogP contribution is 2.29. The van der Waals surface area contributed by atoms with Crippen molar-refractivity contribution in [3.8, 4) is 0 Å². The number of hydrogen-bond acceptors (Lipinski definition) is 10. The van der Waals surface area contributed by atoms with Crippen LogP contribution in [-0.2, 0) is 23.7 Å². The van der Waals surface area contributed by atoms with Gasteiger partial charge < -0.3 is 14.9 Å². The van der Waals surface area contributed by atoms with Crippen LogP contribution in [0.2, 0.25) is 0 Å². The molecule has 1 amide bonds. The zero-order valence-corrected chi connectivity index (χ0v) is 21.6. The van der Waals surface area contributed by atoms with Crippen molar-refractivity contribution in [2.45, 2.75) is 18.9 Å². The Morgan fingerprint density at radius 3 is 2.24 bits per heavy atom. The van der Waals surface area contributed by atoms with Gasteiger partial charge in [0.15, 0.2) is 0 Å². The van der Waals surface area contributed by atoms with E-state index in [-0.39, 0.29) is 70.3 Å². The molecule has 1 aliphatic rings. The molecule has 0 unspecified atom stereocenters. The van der Waals surface area contributed by atoms with Gasteiger partial charge in [0.25, 0.3) is 5.56 Å². The second-order valence-electron chi connectivity index (χ2n) is 7.89. The lowest BCUT2D eigenvalue weighted by Crippen LogP contribution is -2.51. The molecule has 3 rings (SSSR count). The number of carbonyl (C=O) groups is 1. The molecule has 0 spiro atoms. The molecular formula is C19H24F6N8O3S2. The number of aliphatic hydroxyl groups excluding tert-OH is 1. The minimum atomic E-state index is -4.84. The molecule has 19 heteroatoms. The molecule has 0 aromatic carbocycles. The number of H-pyrrole nitrogens is 1. The summed E-state index contributed by atoms with van der Waals surface area (Å²) in [7, 11) is 1.50. The Balaban J connectivity index is 0.00000507. The van der Waals surface area contributed by atoms with E-state index in [1.807, 2.05) is 0 Å². The van der Waals surface area contributed by atoms with Crippen molar-refractivity contribution >= 4 is 37.5 Å². The van der Waals surface area contributed by atoms with E-state index in [0.29, 0.717) is 18.5 Å². The largest absolute Gasteiger partial charge is 0.421 e. The minimum absolute atomic E-state index is 0. The number of halogens is 6. The van der Waals surface area contributed by atoms with Crippen molar-refractivity contribution in [2.75, 3.05) is 51.4 Å². The number of piperazine rings is 1. The fourth-order valence-corrected chi connectivity index (χ4v) is 4.14. The molecule has 11 nitrogen and oxygen atoms in total. The number of nitrogens with zero attached hydrogens (tertiary/aromatic N) is 7. The first-order chi connectivity index (χ1) is 17.3. The molecule has 0 atom stereocenters. The van der Waals surface area contributed by atoms with Gasteiger partial charge in [0.1, 0.15) is 12.3 Å². The third-order valence-corrected chi connectivity index (χ3v) is 6.04. The number of amides is 1. The highest BCUT2D eigenvalue weighted by atomic mass is 32.2. The van der Waals surface area contributed by atoms with Crippen LogP contribution in [0.3, 0.4) is 0 Å². The number of aromatic nitrogens is 4. The summed E-state index contributed by atoms with van der Waals surface area (Å²) < 4.78 is 79.5. The SMILES string of the molecule is CN(Cc1cc(C(F)(F)F)c(=O)[nH]n1)SN(CO)CC(=O)N1CCN(c2ncc(C(F)(F)F)cn2)CC1.S. The Morgan fingerprint density at radius 1 is 1.11 bits per heavy atom. The third kappa shape index (κ3) is 8.45. The maximum atomic E-state index is 12.9. The van der Waals surface area contributed by atoms with Crippen molar-refractivity contribution < 1.29 is 36.2 Å². The van der Waals surface area contributed by atoms with E-state index in [4.69, 9.17) is 0 Å². The summed E-state index contributed by atoms with van der Waals surface area (Å²) >= 11 is 0.884. The second-order valence-corrected chi connectivity index (χ2v) is 9.19. The van der Waals surface area contributed by atoms with Gasteiger partial charge in [-0.1, -0.05) is 0 Å². The summed E-state index contributed by atoms with van der Waals surface area (Å²) in [6.07, 6.45) is -8.00. The number of aliphatic hydroxyl groups is 1. The van der Waals surface area contributed by atoms with Crippen LogP contribution in [0.4, 0.5) is 32.3 Å². The zero-order chi connectivity index (χ0) is 27.4. The number of carbonyl (C=O) groups excluding carboxylic acids is 1. The standard InChI is InChI=1S/C19H22F6N8O3S.H2S/c1-30(9-13-6-14(19(23,24)25)16(36)29-28-13)37-33(11-34)10-15(35)31-2-4-32(5-3-31)17-26-7-12(8-27-17)18(20,21)22;/h6-8,34H,2-5,9-11H2,1H3,(H,29,36);1H2. The van der Waals surface area contributed by atoms with Gasteiger partial charge in [-0.3, -0.25) is 9.59 Å². The Morgan fingerprint density at radius 2 is 1.71 bits per heavy atom. The first-order valence-corrected chi connectivity index (χ1v) is 11.3. The number of nitrogens with one attached hydrogen (secondary N) is 1. The predicted octanol–water partition coefficient (Wildman–Crippen LogP) is 1.31. The topological polar surface area (TPSA) is 122 Å². The molecule has 1 saturated heterocycles. The van der Waals surface area contributed by atoms with Crippen LogP contribution in [0, 0.1) is 0 Å². The summed E-state index contributed by atoms with van der Waals surface area (Å²) in [6, 6.07) is 0.629. The molecule has 38 heavy (non-hydrogen) atoms. The maximum Gasteiger partial charge on any atom is 0.421 e. The van der Waals surface area contributed by atoms with Crippen LogP contribution >= 0.6 is 25.6 Å². The number of alkyl halides is 6. The number of anilines is 1. The van der Waals surface area contributed by atoms with Crippen molar-refractivity contribution in [1.29, 1.82) is 0 Å². The number of aromatic amines is 1. The molecule has 0 saturated carbocycles. The van der Waals surface area contributed by atoms with E-state index in [1.54, 1.807) is 10.00 Å². The summed E-state index contributed by atoms with van der Waals surface area (Å²) in [6.45, 7) is 0.128. The molecule has 2 aromatic rings. The molecule has 0 aliphatic carbocycles. The minimum Gasteiger partial charge on any atom is -0.380 e. The second kappa shape index (κ2) is 13.0. The van der Waals surface area contributed by atoms with Crippen LogP contribution in [0.5, 0.6) is 0 Å². The molecule has 1 aliphatic heterocycles. The lowest BCUT2D eigenvalue weighted by atomic mass is 10.2. The van der Waals surface area contributed by atoms with Gasteiger partial charge in [0.05, 0.1) is 24.3 Å². The van der Waals surface area contributed by atoms with Crippen molar-refractivity contribution in [2.24, 2.45) is 0 Å². The molecule has 2 aromatic heterocycles. The van der Waals surface area contributed by atoms with Gasteiger partial charge in [-0.15, -0.1) is 0 Å². The van der Waals surface area contributed by atoms with E-state index in [0.717, 1.165) is 12.1 Å². The highest BCUT2D eigenvalue weighted by molar-refractivity contribution is 7.94. The van der Waals surface area contributed by atoms with Crippen LogP contribution in [-0.4, -0.2) is 91.2 Å². The summed E-state index contributed by atoms with van der Waals surface area (Å²) in [4.78, 5) is 34.7. The summed E-state index contributed by atoms with van der Waals surface area (Å²) in [5.74, 6) is -0.233. The van der Waals surface area contributed by atoms with Gasteiger partial charge in [-0.25, -0.2) is 23.7 Å². The quantitative estimate of drug-likeness (QED) is 0.265. The van der Waals surface area contributed by atoms with Crippen LogP contribution in [0.15, 0.2) is 23.3 Å². The van der Waals surface area contributed by atoms with E-state index in [9.17, 15) is 41.0 Å². The average molecular weight is 591 g/mol. The predicted molar refractivity (Wildman–Crippen MR) is 129 cm³/mol. The van der Waals surface area contributed by atoms with Crippen molar-refractivity contribution in [1.82, 2.24) is 33.7 Å². The molecule has 0 radical (unpaired) electrons. The average Bonchev–Trinajstić information content (AvgIpc) is 2.83. The Bertz CT molecular complexity index is 1130. The van der Waals surface area contributed by atoms with Gasteiger partial charge >= 0.3 is 12.4 Å². The lowest BCUT2D eigenvalue weighted by molar-refractivity contribution is -0.139. The highest BCUT2D eigenvalue weighted by Gasteiger charge is 2.35.